The van der Waals surface area contributed by atoms with Crippen LogP contribution in [0.2, 0.25) is 18.1 Å². The van der Waals surface area contributed by atoms with Crippen molar-refractivity contribution in [3.8, 4) is 0 Å². The van der Waals surface area contributed by atoms with Crippen LogP contribution < -0.4 is 0 Å². The minimum Gasteiger partial charge on any atom is -0.467 e. The van der Waals surface area contributed by atoms with Crippen molar-refractivity contribution >= 4 is 20.4 Å². The third-order valence-corrected chi connectivity index (χ3v) is 9.56. The van der Waals surface area contributed by atoms with Crippen LogP contribution >= 0.6 is 0 Å². The molecule has 1 aliphatic heterocycles. The maximum absolute atomic E-state index is 12.6. The van der Waals surface area contributed by atoms with Gasteiger partial charge in [-0.15, -0.1) is 0 Å². The Bertz CT molecular complexity index is 523. The average molecular weight is 404 g/mol. The number of nitrogens with zero attached hydrogens (tertiary/aromatic N) is 1. The SMILES string of the molecule is COC(=O)COC[C@@H]1C[C@@H](O[Si](C)(C)C(C)(C)C)CN1C(=O)OC(C)(C)C. The van der Waals surface area contributed by atoms with E-state index in [0.29, 0.717) is 13.0 Å². The largest absolute Gasteiger partial charge is 0.467 e. The molecule has 1 amide bonds. The lowest BCUT2D eigenvalue weighted by Crippen LogP contribution is -2.45. The molecule has 0 aliphatic carbocycles. The Morgan fingerprint density at radius 1 is 1.11 bits per heavy atom. The first-order valence-corrected chi connectivity index (χ1v) is 12.4. The zero-order chi connectivity index (χ0) is 21.0. The van der Waals surface area contributed by atoms with Crippen molar-refractivity contribution in [1.82, 2.24) is 4.90 Å². The molecule has 0 radical (unpaired) electrons. The van der Waals surface area contributed by atoms with Crippen LogP contribution in [0.5, 0.6) is 0 Å². The average Bonchev–Trinajstić information content (AvgIpc) is 2.86. The quantitative estimate of drug-likeness (QED) is 0.498. The number of hydrogen-bond donors (Lipinski definition) is 0. The summed E-state index contributed by atoms with van der Waals surface area (Å²) in [7, 11) is -0.643. The second-order valence-corrected chi connectivity index (χ2v) is 14.4. The minimum atomic E-state index is -1.96. The summed E-state index contributed by atoms with van der Waals surface area (Å²) in [4.78, 5) is 25.6. The number of esters is 1. The lowest BCUT2D eigenvalue weighted by molar-refractivity contribution is -0.146. The van der Waals surface area contributed by atoms with Crippen LogP contribution in [0.1, 0.15) is 48.0 Å². The number of carbonyl (C=O) groups excluding carboxylic acids is 2. The highest BCUT2D eigenvalue weighted by atomic mass is 28.4. The van der Waals surface area contributed by atoms with Crippen molar-refractivity contribution in [2.24, 2.45) is 0 Å². The Hall–Kier alpha value is -1.12. The van der Waals surface area contributed by atoms with Crippen LogP contribution in [-0.4, -0.2) is 69.9 Å². The molecular weight excluding hydrogens is 366 g/mol. The predicted molar refractivity (Wildman–Crippen MR) is 106 cm³/mol. The molecule has 1 heterocycles. The first kappa shape index (κ1) is 23.9. The topological polar surface area (TPSA) is 74.3 Å². The number of carbonyl (C=O) groups is 2. The van der Waals surface area contributed by atoms with Crippen LogP contribution in [0.3, 0.4) is 0 Å². The van der Waals surface area contributed by atoms with E-state index >= 15 is 0 Å². The van der Waals surface area contributed by atoms with Crippen molar-refractivity contribution in [2.45, 2.75) is 83.8 Å². The van der Waals surface area contributed by atoms with Gasteiger partial charge in [-0.2, -0.15) is 0 Å². The second kappa shape index (κ2) is 8.92. The van der Waals surface area contributed by atoms with Crippen LogP contribution in [0.15, 0.2) is 0 Å². The van der Waals surface area contributed by atoms with Crippen LogP contribution in [-0.2, 0) is 23.4 Å². The van der Waals surface area contributed by atoms with Gasteiger partial charge in [-0.25, -0.2) is 9.59 Å². The molecule has 8 heteroatoms. The molecule has 158 valence electrons. The van der Waals surface area contributed by atoms with E-state index in [1.807, 2.05) is 20.8 Å². The maximum Gasteiger partial charge on any atom is 0.410 e. The second-order valence-electron chi connectivity index (χ2n) is 9.61. The molecule has 0 unspecified atom stereocenters. The zero-order valence-corrected chi connectivity index (χ0v) is 19.4. The normalized spacial score (nSPS) is 21.3. The predicted octanol–water partition coefficient (Wildman–Crippen LogP) is 3.58. The fourth-order valence-corrected chi connectivity index (χ4v) is 3.95. The number of likely N-dealkylation sites (tertiary alicyclic amines) is 1. The van der Waals surface area contributed by atoms with Crippen LogP contribution in [0.4, 0.5) is 4.79 Å². The summed E-state index contributed by atoms with van der Waals surface area (Å²) in [5, 5.41) is 0.0865. The van der Waals surface area contributed by atoms with Crippen molar-refractivity contribution in [1.29, 1.82) is 0 Å². The molecule has 1 aliphatic rings. The minimum absolute atomic E-state index is 0.0647. The van der Waals surface area contributed by atoms with E-state index in [1.165, 1.54) is 7.11 Å². The molecule has 0 aromatic carbocycles. The molecule has 0 spiro atoms. The molecule has 2 atom stereocenters. The molecule has 27 heavy (non-hydrogen) atoms. The van der Waals surface area contributed by atoms with E-state index in [9.17, 15) is 9.59 Å². The first-order valence-electron chi connectivity index (χ1n) is 9.48. The molecule has 0 bridgehead atoms. The highest BCUT2D eigenvalue weighted by molar-refractivity contribution is 6.74. The first-order chi connectivity index (χ1) is 12.2. The van der Waals surface area contributed by atoms with Crippen molar-refractivity contribution < 1.29 is 28.2 Å². The fourth-order valence-electron chi connectivity index (χ4n) is 2.59. The van der Waals surface area contributed by atoms with Gasteiger partial charge in [-0.1, -0.05) is 20.8 Å². The lowest BCUT2D eigenvalue weighted by Gasteiger charge is -2.38. The zero-order valence-electron chi connectivity index (χ0n) is 18.4. The Morgan fingerprint density at radius 3 is 2.19 bits per heavy atom. The van der Waals surface area contributed by atoms with Gasteiger partial charge in [0.05, 0.1) is 25.9 Å². The van der Waals surface area contributed by atoms with E-state index in [1.54, 1.807) is 4.90 Å². The molecule has 0 aromatic rings. The van der Waals surface area contributed by atoms with Gasteiger partial charge < -0.3 is 23.5 Å². The molecule has 1 fully saturated rings. The van der Waals surface area contributed by atoms with Crippen LogP contribution in [0, 0.1) is 0 Å². The fraction of sp³-hybridized carbons (Fsp3) is 0.895. The summed E-state index contributed by atoms with van der Waals surface area (Å²) < 4.78 is 22.1. The highest BCUT2D eigenvalue weighted by Crippen LogP contribution is 2.39. The van der Waals surface area contributed by atoms with Crippen molar-refractivity contribution in [3.63, 3.8) is 0 Å². The Kier molecular flexibility index (Phi) is 7.90. The molecule has 7 nitrogen and oxygen atoms in total. The van der Waals surface area contributed by atoms with Gasteiger partial charge in [-0.3, -0.25) is 0 Å². The lowest BCUT2D eigenvalue weighted by atomic mass is 10.2. The Morgan fingerprint density at radius 2 is 1.70 bits per heavy atom. The molecule has 1 rings (SSSR count). The van der Waals surface area contributed by atoms with E-state index < -0.39 is 19.9 Å². The molecule has 0 aromatic heterocycles. The number of ether oxygens (including phenoxy) is 3. The summed E-state index contributed by atoms with van der Waals surface area (Å²) in [6.45, 7) is 17.1. The van der Waals surface area contributed by atoms with Gasteiger partial charge in [-0.05, 0) is 45.3 Å². The Balaban J connectivity index is 2.82. The monoisotopic (exact) mass is 403 g/mol. The summed E-state index contributed by atoms with van der Waals surface area (Å²) in [6, 6.07) is -0.195. The number of amides is 1. The Labute approximate surface area is 164 Å². The van der Waals surface area contributed by atoms with E-state index in [0.717, 1.165) is 0 Å². The third-order valence-electron chi connectivity index (χ3n) is 5.03. The molecule has 0 N–H and O–H groups in total. The van der Waals surface area contributed by atoms with Gasteiger partial charge in [0.15, 0.2) is 8.32 Å². The van der Waals surface area contributed by atoms with E-state index in [4.69, 9.17) is 13.9 Å². The molecule has 1 saturated heterocycles. The maximum atomic E-state index is 12.6. The summed E-state index contributed by atoms with van der Waals surface area (Å²) >= 11 is 0. The van der Waals surface area contributed by atoms with Gasteiger partial charge in [0.25, 0.3) is 0 Å². The van der Waals surface area contributed by atoms with Gasteiger partial charge >= 0.3 is 12.1 Å². The smallest absolute Gasteiger partial charge is 0.410 e. The number of methoxy groups -OCH3 is 1. The van der Waals surface area contributed by atoms with Gasteiger partial charge in [0.2, 0.25) is 0 Å². The van der Waals surface area contributed by atoms with E-state index in [2.05, 4.69) is 38.6 Å². The standard InChI is InChI=1S/C19H37NO6Si/c1-18(2,3)25-17(22)20-11-15(26-27(8,9)19(4,5)6)10-14(20)12-24-13-16(21)23-7/h14-15H,10-13H2,1-9H3/t14-,15+/m0/s1. The summed E-state index contributed by atoms with van der Waals surface area (Å²) in [5.41, 5.74) is -0.577. The molecular formula is C19H37NO6Si. The van der Waals surface area contributed by atoms with Crippen LogP contribution in [0.25, 0.3) is 0 Å². The number of rotatable bonds is 6. The summed E-state index contributed by atoms with van der Waals surface area (Å²) in [5.74, 6) is -0.439. The summed E-state index contributed by atoms with van der Waals surface area (Å²) in [6.07, 6.45) is 0.216. The van der Waals surface area contributed by atoms with Gasteiger partial charge in [0.1, 0.15) is 12.2 Å². The third kappa shape index (κ3) is 7.42. The molecule has 0 saturated carbocycles. The van der Waals surface area contributed by atoms with Crippen molar-refractivity contribution in [3.05, 3.63) is 0 Å². The van der Waals surface area contributed by atoms with E-state index in [-0.39, 0.29) is 36.5 Å². The highest BCUT2D eigenvalue weighted by Gasteiger charge is 2.44. The van der Waals surface area contributed by atoms with Crippen molar-refractivity contribution in [2.75, 3.05) is 26.9 Å². The number of hydrogen-bond acceptors (Lipinski definition) is 6. The van der Waals surface area contributed by atoms with Gasteiger partial charge in [0, 0.05) is 6.54 Å².